The maximum absolute atomic E-state index is 8.52. The number of aryl methyl sites for hydroxylation is 1. The molecule has 0 saturated carbocycles. The number of aromatic nitrogens is 2. The standard InChI is InChI=1S/C15H18N4O/c1-3-19-11-13(10-17-19)12(2)18-14-5-4-6-15(9-14)20-8-7-16/h4-6,9-12,18H,3,8H2,1-2H3. The summed E-state index contributed by atoms with van der Waals surface area (Å²) in [6.07, 6.45) is 3.91. The molecule has 0 radical (unpaired) electrons. The third-order valence-corrected chi connectivity index (χ3v) is 3.00. The van der Waals surface area contributed by atoms with Crippen molar-refractivity contribution in [2.45, 2.75) is 26.4 Å². The fourth-order valence-electron chi connectivity index (χ4n) is 1.90. The molecule has 0 fully saturated rings. The van der Waals surface area contributed by atoms with Crippen LogP contribution in [0.25, 0.3) is 0 Å². The second-order valence-corrected chi connectivity index (χ2v) is 4.47. The van der Waals surface area contributed by atoms with Crippen LogP contribution in [0.15, 0.2) is 36.7 Å². The van der Waals surface area contributed by atoms with Gasteiger partial charge in [-0.3, -0.25) is 4.68 Å². The lowest BCUT2D eigenvalue weighted by atomic mass is 10.2. The van der Waals surface area contributed by atoms with E-state index >= 15 is 0 Å². The number of nitriles is 1. The van der Waals surface area contributed by atoms with Crippen LogP contribution in [0.2, 0.25) is 0 Å². The first-order valence-corrected chi connectivity index (χ1v) is 6.61. The smallest absolute Gasteiger partial charge is 0.174 e. The second kappa shape index (κ2) is 6.62. The predicted molar refractivity (Wildman–Crippen MR) is 77.5 cm³/mol. The number of ether oxygens (including phenoxy) is 1. The van der Waals surface area contributed by atoms with Gasteiger partial charge in [-0.25, -0.2) is 0 Å². The molecule has 5 heteroatoms. The van der Waals surface area contributed by atoms with Crippen LogP contribution in [0.4, 0.5) is 5.69 Å². The molecule has 0 saturated heterocycles. The van der Waals surface area contributed by atoms with E-state index in [4.69, 9.17) is 10.00 Å². The molecule has 2 rings (SSSR count). The number of rotatable bonds is 6. The third kappa shape index (κ3) is 3.51. The van der Waals surface area contributed by atoms with E-state index < -0.39 is 0 Å². The van der Waals surface area contributed by atoms with Crippen molar-refractivity contribution in [1.82, 2.24) is 9.78 Å². The van der Waals surface area contributed by atoms with Gasteiger partial charge in [-0.2, -0.15) is 10.4 Å². The Labute approximate surface area is 118 Å². The fraction of sp³-hybridized carbons (Fsp3) is 0.333. The maximum atomic E-state index is 8.52. The molecule has 104 valence electrons. The SMILES string of the molecule is CCn1cc(C(C)Nc2cccc(OCC#N)c2)cn1. The molecule has 1 unspecified atom stereocenters. The molecule has 0 amide bonds. The molecule has 0 spiro atoms. The Hall–Kier alpha value is -2.48. The van der Waals surface area contributed by atoms with Crippen molar-refractivity contribution in [1.29, 1.82) is 5.26 Å². The molecule has 5 nitrogen and oxygen atoms in total. The van der Waals surface area contributed by atoms with Crippen LogP contribution in [-0.2, 0) is 6.54 Å². The van der Waals surface area contributed by atoms with E-state index in [9.17, 15) is 0 Å². The number of nitrogens with zero attached hydrogens (tertiary/aromatic N) is 3. The zero-order valence-electron chi connectivity index (χ0n) is 11.7. The molecular weight excluding hydrogens is 252 g/mol. The first-order chi connectivity index (χ1) is 9.72. The van der Waals surface area contributed by atoms with E-state index in [1.165, 1.54) is 0 Å². The molecule has 1 aromatic heterocycles. The minimum atomic E-state index is 0.0578. The van der Waals surface area contributed by atoms with Crippen LogP contribution in [0.3, 0.4) is 0 Å². The predicted octanol–water partition coefficient (Wildman–Crippen LogP) is 2.98. The second-order valence-electron chi connectivity index (χ2n) is 4.47. The highest BCUT2D eigenvalue weighted by atomic mass is 16.5. The summed E-state index contributed by atoms with van der Waals surface area (Å²) in [5, 5.41) is 16.2. The average Bonchev–Trinajstić information content (AvgIpc) is 2.94. The van der Waals surface area contributed by atoms with E-state index in [2.05, 4.69) is 24.3 Å². The van der Waals surface area contributed by atoms with Gasteiger partial charge in [0, 0.05) is 30.1 Å². The molecule has 1 N–H and O–H groups in total. The largest absolute Gasteiger partial charge is 0.479 e. The van der Waals surface area contributed by atoms with Crippen LogP contribution in [0.5, 0.6) is 5.75 Å². The van der Waals surface area contributed by atoms with Gasteiger partial charge in [0.2, 0.25) is 0 Å². The Kier molecular flexibility index (Phi) is 4.61. The van der Waals surface area contributed by atoms with Gasteiger partial charge >= 0.3 is 0 Å². The number of hydrogen-bond donors (Lipinski definition) is 1. The molecule has 0 bridgehead atoms. The lowest BCUT2D eigenvalue weighted by Crippen LogP contribution is -2.06. The quantitative estimate of drug-likeness (QED) is 0.876. The van der Waals surface area contributed by atoms with Crippen molar-refractivity contribution >= 4 is 5.69 Å². The van der Waals surface area contributed by atoms with Gasteiger partial charge in [0.15, 0.2) is 6.61 Å². The average molecular weight is 270 g/mol. The molecule has 20 heavy (non-hydrogen) atoms. The number of anilines is 1. The van der Waals surface area contributed by atoms with Crippen LogP contribution in [0, 0.1) is 11.3 Å². The normalized spacial score (nSPS) is 11.7. The zero-order chi connectivity index (χ0) is 14.4. The minimum Gasteiger partial charge on any atom is -0.479 e. The summed E-state index contributed by atoms with van der Waals surface area (Å²) in [5.74, 6) is 0.688. The Morgan fingerprint density at radius 2 is 2.35 bits per heavy atom. The summed E-state index contributed by atoms with van der Waals surface area (Å²) < 4.78 is 7.19. The van der Waals surface area contributed by atoms with E-state index in [1.54, 1.807) is 0 Å². The van der Waals surface area contributed by atoms with Gasteiger partial charge in [-0.05, 0) is 26.0 Å². The van der Waals surface area contributed by atoms with Gasteiger partial charge < -0.3 is 10.1 Å². The topological polar surface area (TPSA) is 62.9 Å². The summed E-state index contributed by atoms with van der Waals surface area (Å²) in [7, 11) is 0. The lowest BCUT2D eigenvalue weighted by Gasteiger charge is -2.14. The Morgan fingerprint density at radius 1 is 1.50 bits per heavy atom. The summed E-state index contributed by atoms with van der Waals surface area (Å²) in [6, 6.07) is 9.71. The molecule has 2 aromatic rings. The van der Waals surface area contributed by atoms with Crippen molar-refractivity contribution in [2.24, 2.45) is 0 Å². The fourth-order valence-corrected chi connectivity index (χ4v) is 1.90. The number of hydrogen-bond acceptors (Lipinski definition) is 4. The van der Waals surface area contributed by atoms with Crippen molar-refractivity contribution in [3.63, 3.8) is 0 Å². The maximum Gasteiger partial charge on any atom is 0.174 e. The Morgan fingerprint density at radius 3 is 3.05 bits per heavy atom. The van der Waals surface area contributed by atoms with Crippen LogP contribution in [0.1, 0.15) is 25.5 Å². The van der Waals surface area contributed by atoms with Gasteiger partial charge in [-0.15, -0.1) is 0 Å². The van der Waals surface area contributed by atoms with E-state index in [1.807, 2.05) is 47.4 Å². The molecule has 1 aromatic carbocycles. The highest BCUT2D eigenvalue weighted by Crippen LogP contribution is 2.22. The van der Waals surface area contributed by atoms with E-state index in [0.29, 0.717) is 5.75 Å². The van der Waals surface area contributed by atoms with E-state index in [0.717, 1.165) is 17.8 Å². The highest BCUT2D eigenvalue weighted by molar-refractivity contribution is 5.49. The summed E-state index contributed by atoms with van der Waals surface area (Å²) in [5.41, 5.74) is 2.09. The monoisotopic (exact) mass is 270 g/mol. The van der Waals surface area contributed by atoms with E-state index in [-0.39, 0.29) is 12.6 Å². The zero-order valence-corrected chi connectivity index (χ0v) is 11.7. The summed E-state index contributed by atoms with van der Waals surface area (Å²) in [4.78, 5) is 0. The molecule has 1 heterocycles. The van der Waals surface area contributed by atoms with Crippen LogP contribution >= 0.6 is 0 Å². The third-order valence-electron chi connectivity index (χ3n) is 3.00. The van der Waals surface area contributed by atoms with Gasteiger partial charge in [0.25, 0.3) is 0 Å². The molecular formula is C15H18N4O. The Balaban J connectivity index is 2.03. The van der Waals surface area contributed by atoms with Crippen molar-refractivity contribution in [3.05, 3.63) is 42.2 Å². The number of benzene rings is 1. The van der Waals surface area contributed by atoms with Crippen molar-refractivity contribution in [2.75, 3.05) is 11.9 Å². The molecule has 1 atom stereocenters. The number of nitrogens with one attached hydrogen (secondary N) is 1. The molecule has 0 aliphatic rings. The molecule has 0 aliphatic carbocycles. The summed E-state index contributed by atoms with van der Waals surface area (Å²) >= 11 is 0. The van der Waals surface area contributed by atoms with Crippen LogP contribution in [-0.4, -0.2) is 16.4 Å². The van der Waals surface area contributed by atoms with Gasteiger partial charge in [0.05, 0.1) is 12.2 Å². The van der Waals surface area contributed by atoms with Gasteiger partial charge in [-0.1, -0.05) is 6.07 Å². The van der Waals surface area contributed by atoms with Crippen molar-refractivity contribution < 1.29 is 4.74 Å². The van der Waals surface area contributed by atoms with Crippen molar-refractivity contribution in [3.8, 4) is 11.8 Å². The Bertz CT molecular complexity index is 600. The highest BCUT2D eigenvalue weighted by Gasteiger charge is 2.08. The van der Waals surface area contributed by atoms with Gasteiger partial charge in [0.1, 0.15) is 11.8 Å². The minimum absolute atomic E-state index is 0.0578. The first kappa shape index (κ1) is 13.9. The first-order valence-electron chi connectivity index (χ1n) is 6.61. The lowest BCUT2D eigenvalue weighted by molar-refractivity contribution is 0.368. The molecule has 0 aliphatic heterocycles. The summed E-state index contributed by atoms with van der Waals surface area (Å²) in [6.45, 7) is 5.07. The van der Waals surface area contributed by atoms with Crippen LogP contribution < -0.4 is 10.1 Å².